The zero-order valence-corrected chi connectivity index (χ0v) is 11.9. The molecular weight excluding hydrogens is 268 g/mol. The second-order valence-corrected chi connectivity index (χ2v) is 5.17. The smallest absolute Gasteiger partial charge is 0.250 e. The molecule has 1 aromatic heterocycles. The second kappa shape index (κ2) is 5.14. The average molecular weight is 284 g/mol. The fourth-order valence-corrected chi connectivity index (χ4v) is 2.63. The largest absolute Gasteiger partial charge is 0.294 e. The van der Waals surface area contributed by atoms with Crippen LogP contribution in [0, 0.1) is 0 Å². The molecule has 2 aromatic rings. The van der Waals surface area contributed by atoms with Crippen LogP contribution in [0.1, 0.15) is 11.7 Å². The first-order valence-electron chi connectivity index (χ1n) is 6.69. The van der Waals surface area contributed by atoms with E-state index in [9.17, 15) is 9.59 Å². The van der Waals surface area contributed by atoms with Crippen molar-refractivity contribution >= 4 is 11.8 Å². The van der Waals surface area contributed by atoms with Gasteiger partial charge in [-0.05, 0) is 18.7 Å². The van der Waals surface area contributed by atoms with Crippen LogP contribution in [0.2, 0.25) is 0 Å². The predicted molar refractivity (Wildman–Crippen MR) is 77.2 cm³/mol. The maximum Gasteiger partial charge on any atom is 0.250 e. The SMILES string of the molecule is CN1CC(=O)NC(=O)C1c1cc(-c2ccccc2)n(C)n1. The minimum absolute atomic E-state index is 0.188. The molecule has 3 rings (SSSR count). The highest BCUT2D eigenvalue weighted by Gasteiger charge is 2.34. The van der Waals surface area contributed by atoms with Crippen LogP contribution in [0.4, 0.5) is 0 Å². The maximum absolute atomic E-state index is 12.0. The van der Waals surface area contributed by atoms with Crippen LogP contribution in [-0.2, 0) is 16.6 Å². The van der Waals surface area contributed by atoms with Crippen molar-refractivity contribution in [3.05, 3.63) is 42.1 Å². The van der Waals surface area contributed by atoms with Crippen LogP contribution >= 0.6 is 0 Å². The molecule has 21 heavy (non-hydrogen) atoms. The molecule has 0 radical (unpaired) electrons. The topological polar surface area (TPSA) is 67.2 Å². The van der Waals surface area contributed by atoms with Crippen LogP contribution < -0.4 is 5.32 Å². The minimum Gasteiger partial charge on any atom is -0.294 e. The van der Waals surface area contributed by atoms with Crippen molar-refractivity contribution in [2.75, 3.05) is 13.6 Å². The molecule has 1 saturated heterocycles. The maximum atomic E-state index is 12.0. The van der Waals surface area contributed by atoms with Gasteiger partial charge in [0, 0.05) is 7.05 Å². The van der Waals surface area contributed by atoms with Gasteiger partial charge in [0.1, 0.15) is 6.04 Å². The molecule has 1 aliphatic heterocycles. The van der Waals surface area contributed by atoms with Gasteiger partial charge in [-0.1, -0.05) is 30.3 Å². The molecule has 1 atom stereocenters. The number of hydrogen-bond acceptors (Lipinski definition) is 4. The first kappa shape index (κ1) is 13.5. The summed E-state index contributed by atoms with van der Waals surface area (Å²) in [5.41, 5.74) is 2.61. The second-order valence-electron chi connectivity index (χ2n) is 5.17. The third kappa shape index (κ3) is 2.45. The van der Waals surface area contributed by atoms with Crippen molar-refractivity contribution in [3.63, 3.8) is 0 Å². The predicted octanol–water partition coefficient (Wildman–Crippen LogP) is 0.716. The fourth-order valence-electron chi connectivity index (χ4n) is 2.63. The monoisotopic (exact) mass is 284 g/mol. The molecule has 2 heterocycles. The number of hydrogen-bond donors (Lipinski definition) is 1. The first-order valence-corrected chi connectivity index (χ1v) is 6.69. The van der Waals surface area contributed by atoms with Crippen molar-refractivity contribution in [1.82, 2.24) is 20.0 Å². The lowest BCUT2D eigenvalue weighted by Crippen LogP contribution is -2.51. The summed E-state index contributed by atoms with van der Waals surface area (Å²) in [5, 5.41) is 6.80. The number of nitrogens with one attached hydrogen (secondary N) is 1. The summed E-state index contributed by atoms with van der Waals surface area (Å²) in [5.74, 6) is -0.607. The number of rotatable bonds is 2. The minimum atomic E-state index is -0.536. The quantitative estimate of drug-likeness (QED) is 0.825. The lowest BCUT2D eigenvalue weighted by Gasteiger charge is -2.29. The molecule has 1 aromatic carbocycles. The van der Waals surface area contributed by atoms with Gasteiger partial charge < -0.3 is 0 Å². The summed E-state index contributed by atoms with van der Waals surface area (Å²) >= 11 is 0. The molecule has 0 spiro atoms. The Balaban J connectivity index is 1.97. The highest BCUT2D eigenvalue weighted by Crippen LogP contribution is 2.26. The van der Waals surface area contributed by atoms with Crippen molar-refractivity contribution in [2.24, 2.45) is 7.05 Å². The molecule has 2 amide bonds. The summed E-state index contributed by atoms with van der Waals surface area (Å²) in [6.07, 6.45) is 0. The van der Waals surface area contributed by atoms with Crippen molar-refractivity contribution in [2.45, 2.75) is 6.04 Å². The van der Waals surface area contributed by atoms with Crippen LogP contribution in [0.3, 0.4) is 0 Å². The van der Waals surface area contributed by atoms with Gasteiger partial charge in [0.15, 0.2) is 0 Å². The van der Waals surface area contributed by atoms with Gasteiger partial charge in [0.05, 0.1) is 17.9 Å². The molecular formula is C15H16N4O2. The Hall–Kier alpha value is -2.47. The third-order valence-corrected chi connectivity index (χ3v) is 3.59. The van der Waals surface area contributed by atoms with Crippen LogP contribution in [-0.4, -0.2) is 40.1 Å². The molecule has 1 unspecified atom stereocenters. The van der Waals surface area contributed by atoms with E-state index in [0.717, 1.165) is 11.3 Å². The molecule has 0 saturated carbocycles. The number of aryl methyl sites for hydroxylation is 1. The molecule has 1 fully saturated rings. The lowest BCUT2D eigenvalue weighted by atomic mass is 10.1. The fraction of sp³-hybridized carbons (Fsp3) is 0.267. The Kier molecular flexibility index (Phi) is 3.31. The molecule has 1 N–H and O–H groups in total. The van der Waals surface area contributed by atoms with E-state index in [2.05, 4.69) is 10.4 Å². The lowest BCUT2D eigenvalue weighted by molar-refractivity contribution is -0.139. The zero-order valence-electron chi connectivity index (χ0n) is 11.9. The number of benzene rings is 1. The number of aromatic nitrogens is 2. The van der Waals surface area contributed by atoms with Crippen molar-refractivity contribution in [3.8, 4) is 11.3 Å². The van der Waals surface area contributed by atoms with Crippen LogP contribution in [0.5, 0.6) is 0 Å². The summed E-state index contributed by atoms with van der Waals surface area (Å²) in [4.78, 5) is 25.1. The number of carbonyl (C=O) groups is 2. The van der Waals surface area contributed by atoms with E-state index in [1.54, 1.807) is 16.6 Å². The molecule has 0 aliphatic carbocycles. The first-order chi connectivity index (χ1) is 10.1. The molecule has 6 nitrogen and oxygen atoms in total. The molecule has 0 bridgehead atoms. The Morgan fingerprint density at radius 1 is 1.19 bits per heavy atom. The number of piperazine rings is 1. The van der Waals surface area contributed by atoms with Gasteiger partial charge >= 0.3 is 0 Å². The number of carbonyl (C=O) groups excluding carboxylic acids is 2. The summed E-state index contributed by atoms with van der Waals surface area (Å²) in [6, 6.07) is 11.2. The number of likely N-dealkylation sites (N-methyl/N-ethyl adjacent to an activating group) is 1. The number of nitrogens with zero attached hydrogens (tertiary/aromatic N) is 3. The van der Waals surface area contributed by atoms with Gasteiger partial charge in [0.25, 0.3) is 0 Å². The van der Waals surface area contributed by atoms with E-state index in [0.29, 0.717) is 5.69 Å². The molecule has 1 aliphatic rings. The van der Waals surface area contributed by atoms with E-state index >= 15 is 0 Å². The van der Waals surface area contributed by atoms with Gasteiger partial charge in [-0.15, -0.1) is 0 Å². The van der Waals surface area contributed by atoms with Gasteiger partial charge in [0.2, 0.25) is 11.8 Å². The normalized spacial score (nSPS) is 19.6. The van der Waals surface area contributed by atoms with E-state index in [1.165, 1.54) is 0 Å². The van der Waals surface area contributed by atoms with Gasteiger partial charge in [-0.2, -0.15) is 5.10 Å². The number of amides is 2. The van der Waals surface area contributed by atoms with E-state index in [-0.39, 0.29) is 18.4 Å². The van der Waals surface area contributed by atoms with Gasteiger partial charge in [-0.3, -0.25) is 24.5 Å². The summed E-state index contributed by atoms with van der Waals surface area (Å²) < 4.78 is 1.75. The standard InChI is InChI=1S/C15H16N4O2/c1-18-9-13(20)16-15(21)14(18)11-8-12(19(2)17-11)10-6-4-3-5-7-10/h3-8,14H,9H2,1-2H3,(H,16,20,21). The molecule has 108 valence electrons. The highest BCUT2D eigenvalue weighted by atomic mass is 16.2. The van der Waals surface area contributed by atoms with Crippen molar-refractivity contribution in [1.29, 1.82) is 0 Å². The van der Waals surface area contributed by atoms with Crippen molar-refractivity contribution < 1.29 is 9.59 Å². The van der Waals surface area contributed by atoms with Crippen LogP contribution in [0.25, 0.3) is 11.3 Å². The Labute approximate surface area is 122 Å². The third-order valence-electron chi connectivity index (χ3n) is 3.59. The Morgan fingerprint density at radius 3 is 2.57 bits per heavy atom. The Morgan fingerprint density at radius 2 is 1.90 bits per heavy atom. The zero-order chi connectivity index (χ0) is 15.0. The summed E-state index contributed by atoms with van der Waals surface area (Å²) in [6.45, 7) is 0.188. The Bertz CT molecular complexity index is 693. The van der Waals surface area contributed by atoms with Crippen LogP contribution in [0.15, 0.2) is 36.4 Å². The number of imide groups is 1. The summed E-state index contributed by atoms with van der Waals surface area (Å²) in [7, 11) is 3.59. The van der Waals surface area contributed by atoms with E-state index in [1.807, 2.05) is 43.4 Å². The average Bonchev–Trinajstić information content (AvgIpc) is 2.80. The van der Waals surface area contributed by atoms with Gasteiger partial charge in [-0.25, -0.2) is 0 Å². The van der Waals surface area contributed by atoms with E-state index < -0.39 is 6.04 Å². The molecule has 6 heteroatoms. The highest BCUT2D eigenvalue weighted by molar-refractivity contribution is 6.01. The van der Waals surface area contributed by atoms with E-state index in [4.69, 9.17) is 0 Å².